The number of para-hydroxylation sites is 1. The van der Waals surface area contributed by atoms with Crippen LogP contribution in [0.1, 0.15) is 21.5 Å². The van der Waals surface area contributed by atoms with E-state index in [1.54, 1.807) is 0 Å². The predicted octanol–water partition coefficient (Wildman–Crippen LogP) is 2.44. The molecule has 7 heteroatoms. The summed E-state index contributed by atoms with van der Waals surface area (Å²) in [6, 6.07) is 6.75. The SMILES string of the molecule is Cc1cccc(C)c1NC(=O)c1cc(N)ncc1[N+](=O)[O-]. The van der Waals surface area contributed by atoms with E-state index < -0.39 is 10.8 Å². The van der Waals surface area contributed by atoms with E-state index in [1.807, 2.05) is 32.0 Å². The summed E-state index contributed by atoms with van der Waals surface area (Å²) < 4.78 is 0. The predicted molar refractivity (Wildman–Crippen MR) is 79.2 cm³/mol. The molecule has 21 heavy (non-hydrogen) atoms. The average Bonchev–Trinajstić information content (AvgIpc) is 2.42. The highest BCUT2D eigenvalue weighted by atomic mass is 16.6. The molecule has 0 saturated heterocycles. The van der Waals surface area contributed by atoms with Crippen molar-refractivity contribution < 1.29 is 9.72 Å². The van der Waals surface area contributed by atoms with E-state index in [4.69, 9.17) is 5.73 Å². The molecule has 0 spiro atoms. The summed E-state index contributed by atoms with van der Waals surface area (Å²) in [5.41, 5.74) is 7.38. The first-order chi connectivity index (χ1) is 9.90. The first-order valence-electron chi connectivity index (χ1n) is 6.17. The molecular weight excluding hydrogens is 272 g/mol. The van der Waals surface area contributed by atoms with Gasteiger partial charge < -0.3 is 11.1 Å². The van der Waals surface area contributed by atoms with Crippen LogP contribution in [0.5, 0.6) is 0 Å². The van der Waals surface area contributed by atoms with Crippen LogP contribution >= 0.6 is 0 Å². The molecule has 0 aliphatic rings. The van der Waals surface area contributed by atoms with Crippen molar-refractivity contribution in [3.63, 3.8) is 0 Å². The summed E-state index contributed by atoms with van der Waals surface area (Å²) in [7, 11) is 0. The Bertz CT molecular complexity index is 708. The molecule has 0 aliphatic carbocycles. The highest BCUT2D eigenvalue weighted by Crippen LogP contribution is 2.24. The number of nitro groups is 1. The Morgan fingerprint density at radius 1 is 1.33 bits per heavy atom. The fourth-order valence-corrected chi connectivity index (χ4v) is 1.98. The van der Waals surface area contributed by atoms with E-state index in [0.29, 0.717) is 5.69 Å². The Labute approximate surface area is 121 Å². The molecule has 2 aromatic rings. The minimum Gasteiger partial charge on any atom is -0.384 e. The van der Waals surface area contributed by atoms with E-state index >= 15 is 0 Å². The van der Waals surface area contributed by atoms with Crippen molar-refractivity contribution in [2.75, 3.05) is 11.1 Å². The van der Waals surface area contributed by atoms with Gasteiger partial charge in [-0.3, -0.25) is 14.9 Å². The van der Waals surface area contributed by atoms with Crippen LogP contribution in [0, 0.1) is 24.0 Å². The van der Waals surface area contributed by atoms with Gasteiger partial charge in [0.2, 0.25) is 0 Å². The second kappa shape index (κ2) is 5.58. The van der Waals surface area contributed by atoms with Crippen molar-refractivity contribution in [3.8, 4) is 0 Å². The maximum atomic E-state index is 12.3. The Kier molecular flexibility index (Phi) is 3.84. The van der Waals surface area contributed by atoms with Crippen molar-refractivity contribution >= 4 is 23.1 Å². The Balaban J connectivity index is 2.41. The number of nitrogens with one attached hydrogen (secondary N) is 1. The fraction of sp³-hybridized carbons (Fsp3) is 0.143. The second-order valence-corrected chi connectivity index (χ2v) is 4.60. The summed E-state index contributed by atoms with van der Waals surface area (Å²) in [6.07, 6.45) is 0.981. The highest BCUT2D eigenvalue weighted by molar-refractivity contribution is 6.08. The average molecular weight is 286 g/mol. The molecule has 0 atom stereocenters. The minimum absolute atomic E-state index is 0.0484. The van der Waals surface area contributed by atoms with Gasteiger partial charge in [-0.15, -0.1) is 0 Å². The Morgan fingerprint density at radius 2 is 1.95 bits per heavy atom. The van der Waals surface area contributed by atoms with Gasteiger partial charge in [-0.1, -0.05) is 18.2 Å². The van der Waals surface area contributed by atoms with E-state index in [-0.39, 0.29) is 17.1 Å². The van der Waals surface area contributed by atoms with Crippen LogP contribution in [0.25, 0.3) is 0 Å². The molecule has 1 aromatic heterocycles. The molecule has 0 aliphatic heterocycles. The van der Waals surface area contributed by atoms with Gasteiger partial charge in [0.25, 0.3) is 11.6 Å². The van der Waals surface area contributed by atoms with Crippen molar-refractivity contribution in [1.82, 2.24) is 4.98 Å². The molecule has 7 nitrogen and oxygen atoms in total. The number of amides is 1. The molecule has 1 amide bonds. The first kappa shape index (κ1) is 14.4. The number of carbonyl (C=O) groups is 1. The van der Waals surface area contributed by atoms with E-state index in [9.17, 15) is 14.9 Å². The molecule has 108 valence electrons. The molecule has 3 N–H and O–H groups in total. The quantitative estimate of drug-likeness (QED) is 0.665. The second-order valence-electron chi connectivity index (χ2n) is 4.60. The summed E-state index contributed by atoms with van der Waals surface area (Å²) in [6.45, 7) is 3.69. The number of hydrogen-bond acceptors (Lipinski definition) is 5. The number of nitrogen functional groups attached to an aromatic ring is 1. The lowest BCUT2D eigenvalue weighted by Gasteiger charge is -2.11. The number of carbonyl (C=O) groups excluding carboxylic acids is 1. The number of nitrogens with zero attached hydrogens (tertiary/aromatic N) is 2. The van der Waals surface area contributed by atoms with Gasteiger partial charge in [0.15, 0.2) is 0 Å². The maximum Gasteiger partial charge on any atom is 0.300 e. The smallest absolute Gasteiger partial charge is 0.300 e. The summed E-state index contributed by atoms with van der Waals surface area (Å²) in [5.74, 6) is -0.541. The third kappa shape index (κ3) is 2.97. The molecule has 0 radical (unpaired) electrons. The number of aromatic nitrogens is 1. The van der Waals surface area contributed by atoms with Crippen molar-refractivity contribution in [2.24, 2.45) is 0 Å². The van der Waals surface area contributed by atoms with Gasteiger partial charge >= 0.3 is 0 Å². The lowest BCUT2D eigenvalue weighted by atomic mass is 10.1. The van der Waals surface area contributed by atoms with Crippen LogP contribution in [0.3, 0.4) is 0 Å². The fourth-order valence-electron chi connectivity index (χ4n) is 1.98. The Hall–Kier alpha value is -2.96. The van der Waals surface area contributed by atoms with Gasteiger partial charge in [-0.2, -0.15) is 0 Å². The van der Waals surface area contributed by atoms with E-state index in [2.05, 4.69) is 10.3 Å². The summed E-state index contributed by atoms with van der Waals surface area (Å²) >= 11 is 0. The minimum atomic E-state index is -0.661. The molecule has 1 heterocycles. The lowest BCUT2D eigenvalue weighted by molar-refractivity contribution is -0.385. The van der Waals surface area contributed by atoms with Crippen molar-refractivity contribution in [3.05, 3.63) is 57.3 Å². The number of pyridine rings is 1. The zero-order valence-corrected chi connectivity index (χ0v) is 11.6. The zero-order valence-electron chi connectivity index (χ0n) is 11.6. The van der Waals surface area contributed by atoms with E-state index in [0.717, 1.165) is 17.3 Å². The summed E-state index contributed by atoms with van der Waals surface area (Å²) in [4.78, 5) is 26.2. The van der Waals surface area contributed by atoms with Crippen molar-refractivity contribution in [1.29, 1.82) is 0 Å². The topological polar surface area (TPSA) is 111 Å². The number of rotatable bonds is 3. The van der Waals surface area contributed by atoms with E-state index in [1.165, 1.54) is 6.07 Å². The van der Waals surface area contributed by atoms with Gasteiger partial charge in [0.1, 0.15) is 17.6 Å². The summed E-state index contributed by atoms with van der Waals surface area (Å²) in [5, 5.41) is 13.7. The molecule has 0 bridgehead atoms. The molecule has 1 aromatic carbocycles. The van der Waals surface area contributed by atoms with Crippen LogP contribution in [0.15, 0.2) is 30.5 Å². The van der Waals surface area contributed by atoms with Crippen LogP contribution < -0.4 is 11.1 Å². The molecule has 0 unspecified atom stereocenters. The number of hydrogen-bond donors (Lipinski definition) is 2. The number of aryl methyl sites for hydroxylation is 2. The normalized spacial score (nSPS) is 10.2. The lowest BCUT2D eigenvalue weighted by Crippen LogP contribution is -2.16. The third-order valence-electron chi connectivity index (χ3n) is 3.07. The number of nitrogens with two attached hydrogens (primary N) is 1. The third-order valence-corrected chi connectivity index (χ3v) is 3.07. The first-order valence-corrected chi connectivity index (χ1v) is 6.17. The van der Waals surface area contributed by atoms with Gasteiger partial charge in [-0.25, -0.2) is 4.98 Å². The number of benzene rings is 1. The molecule has 2 rings (SSSR count). The van der Waals surface area contributed by atoms with Gasteiger partial charge in [0.05, 0.1) is 4.92 Å². The standard InChI is InChI=1S/C14H14N4O3/c1-8-4-3-5-9(2)13(8)17-14(19)10-6-12(15)16-7-11(10)18(20)21/h3-7H,1-2H3,(H2,15,16)(H,17,19). The maximum absolute atomic E-state index is 12.3. The largest absolute Gasteiger partial charge is 0.384 e. The number of anilines is 2. The monoisotopic (exact) mass is 286 g/mol. The van der Waals surface area contributed by atoms with Crippen molar-refractivity contribution in [2.45, 2.75) is 13.8 Å². The van der Waals surface area contributed by atoms with Crippen LogP contribution in [0.2, 0.25) is 0 Å². The van der Waals surface area contributed by atoms with Gasteiger partial charge in [-0.05, 0) is 31.0 Å². The van der Waals surface area contributed by atoms with Gasteiger partial charge in [0, 0.05) is 5.69 Å². The van der Waals surface area contributed by atoms with Crippen LogP contribution in [0.4, 0.5) is 17.2 Å². The molecular formula is C14H14N4O3. The zero-order chi connectivity index (χ0) is 15.6. The Morgan fingerprint density at radius 3 is 2.52 bits per heavy atom. The highest BCUT2D eigenvalue weighted by Gasteiger charge is 2.22. The molecule has 0 saturated carbocycles. The molecule has 0 fully saturated rings. The van der Waals surface area contributed by atoms with Crippen LogP contribution in [-0.2, 0) is 0 Å². The van der Waals surface area contributed by atoms with Crippen LogP contribution in [-0.4, -0.2) is 15.8 Å².